The number of halogens is 2. The van der Waals surface area contributed by atoms with E-state index >= 15 is 0 Å². The van der Waals surface area contributed by atoms with E-state index in [0.29, 0.717) is 0 Å². The average molecular weight is 474 g/mol. The highest BCUT2D eigenvalue weighted by molar-refractivity contribution is 6.30. The van der Waals surface area contributed by atoms with Crippen molar-refractivity contribution < 1.29 is 38.3 Å². The second kappa shape index (κ2) is 10.7. The van der Waals surface area contributed by atoms with Crippen molar-refractivity contribution in [3.8, 4) is 11.3 Å². The lowest BCUT2D eigenvalue weighted by Gasteiger charge is -2.17. The van der Waals surface area contributed by atoms with Gasteiger partial charge >= 0.3 is 0 Å². The summed E-state index contributed by atoms with van der Waals surface area (Å²) in [7, 11) is -4.94. The molecule has 166 valence electrons. The van der Waals surface area contributed by atoms with Crippen molar-refractivity contribution in [1.29, 1.82) is 0 Å². The van der Waals surface area contributed by atoms with E-state index < -0.39 is 10.2 Å². The Hall–Kier alpha value is -2.71. The van der Waals surface area contributed by atoms with E-state index in [1.54, 1.807) is 0 Å². The van der Waals surface area contributed by atoms with Crippen LogP contribution in [0.1, 0.15) is 11.1 Å². The van der Waals surface area contributed by atoms with Crippen LogP contribution in [0, 0.1) is 17.2 Å². The van der Waals surface area contributed by atoms with E-state index in [1.165, 1.54) is 11.1 Å². The van der Waals surface area contributed by atoms with Crippen LogP contribution in [0.15, 0.2) is 83.3 Å². The van der Waals surface area contributed by atoms with E-state index in [1.807, 2.05) is 36.4 Å². The molecule has 1 N–H and O–H groups in total. The van der Waals surface area contributed by atoms with Gasteiger partial charge in [0.25, 0.3) is 0 Å². The van der Waals surface area contributed by atoms with Crippen molar-refractivity contribution in [2.75, 3.05) is 6.54 Å². The maximum atomic E-state index is 8.49. The van der Waals surface area contributed by atoms with Crippen LogP contribution < -0.4 is 29.0 Å². The Balaban J connectivity index is 0.000000523. The highest BCUT2D eigenvalue weighted by atomic mass is 35.7. The van der Waals surface area contributed by atoms with Crippen LogP contribution in [-0.4, -0.2) is 6.54 Å². The molecule has 0 unspecified atom stereocenters. The lowest BCUT2D eigenvalue weighted by Crippen LogP contribution is -2.77. The molecule has 0 spiro atoms. The van der Waals surface area contributed by atoms with Crippen molar-refractivity contribution in [2.45, 2.75) is 13.3 Å². The lowest BCUT2D eigenvalue weighted by atomic mass is 10.1. The Morgan fingerprint density at radius 3 is 2.19 bits per heavy atom. The van der Waals surface area contributed by atoms with Crippen LogP contribution in [0.5, 0.6) is 0 Å². The van der Waals surface area contributed by atoms with E-state index in [0.717, 1.165) is 45.6 Å². The smallest absolute Gasteiger partial charge is 0.213 e. The summed E-state index contributed by atoms with van der Waals surface area (Å²) in [5.74, 6) is 0.824. The molecule has 0 aliphatic carbocycles. The third-order valence-corrected chi connectivity index (χ3v) is 4.87. The van der Waals surface area contributed by atoms with E-state index in [-0.39, 0.29) is 0 Å². The van der Waals surface area contributed by atoms with E-state index in [2.05, 4.69) is 54.4 Å². The molecule has 0 saturated heterocycles. The number of hydrogen-bond acceptors (Lipinski definition) is 5. The molecule has 0 atom stereocenters. The van der Waals surface area contributed by atoms with Gasteiger partial charge in [-0.15, -0.1) is 10.2 Å². The fraction of sp³-hybridized carbons (Fsp3) is 0.125. The van der Waals surface area contributed by atoms with E-state index in [4.69, 9.17) is 34.7 Å². The Morgan fingerprint density at radius 2 is 1.53 bits per heavy atom. The molecule has 0 radical (unpaired) electrons. The highest BCUT2D eigenvalue weighted by Gasteiger charge is 2.09. The zero-order chi connectivity index (χ0) is 23.1. The predicted molar refractivity (Wildman–Crippen MR) is 111 cm³/mol. The molecule has 6 nitrogen and oxygen atoms in total. The fourth-order valence-corrected chi connectivity index (χ4v) is 3.31. The minimum absolute atomic E-state index is 0.719. The minimum atomic E-state index is -4.94. The zero-order valence-corrected chi connectivity index (χ0v) is 18.7. The molecule has 0 saturated carbocycles. The maximum Gasteiger partial charge on any atom is 0.213 e. The Kier molecular flexibility index (Phi) is 8.04. The quantitative estimate of drug-likeness (QED) is 0.429. The number of aryl methyl sites for hydroxylation is 1. The molecule has 8 heteroatoms. The molecular formula is C24H21Cl2NO5. The van der Waals surface area contributed by atoms with Gasteiger partial charge in [-0.3, -0.25) is 0 Å². The maximum absolute atomic E-state index is 8.49. The van der Waals surface area contributed by atoms with Gasteiger partial charge in [0.2, 0.25) is 5.36 Å². The molecular weight excluding hydrogens is 453 g/mol. The van der Waals surface area contributed by atoms with Gasteiger partial charge in [0.1, 0.15) is 17.9 Å². The molecule has 4 rings (SSSR count). The molecule has 4 aromatic rings. The number of nitrogens with one attached hydrogen (secondary N) is 1. The summed E-state index contributed by atoms with van der Waals surface area (Å²) in [6, 6.07) is 26.6. The normalized spacial score (nSPS) is 11.9. The van der Waals surface area contributed by atoms with Gasteiger partial charge in [-0.25, -0.2) is 23.6 Å². The second-order valence-corrected chi connectivity index (χ2v) is 8.26. The summed E-state index contributed by atoms with van der Waals surface area (Å²) in [5.41, 5.74) is 4.41. The van der Waals surface area contributed by atoms with Crippen LogP contribution in [-0.2, 0) is 6.42 Å². The van der Waals surface area contributed by atoms with Crippen LogP contribution >= 0.6 is 11.6 Å². The van der Waals surface area contributed by atoms with Gasteiger partial charge < -0.3 is 4.42 Å². The summed E-state index contributed by atoms with van der Waals surface area (Å²) in [6.45, 7) is 2.96. The first-order valence-corrected chi connectivity index (χ1v) is 11.3. The number of rotatable bonds is 4. The van der Waals surface area contributed by atoms with Crippen LogP contribution in [0.4, 0.5) is 0 Å². The van der Waals surface area contributed by atoms with Crippen LogP contribution in [0.2, 0.25) is 5.02 Å². The first-order chi connectivity index (χ1) is 15.2. The van der Waals surface area contributed by atoms with Gasteiger partial charge in [-0.2, -0.15) is 0 Å². The Labute approximate surface area is 192 Å². The van der Waals surface area contributed by atoms with Gasteiger partial charge in [0.05, 0.1) is 11.5 Å². The number of fused-ring (bicyclic) bond motifs is 1. The molecule has 32 heavy (non-hydrogen) atoms. The van der Waals surface area contributed by atoms with Crippen molar-refractivity contribution >= 4 is 22.6 Å². The SMILES string of the molecule is Cc1ccc2oc(-c3ccc(Cl)cc3)cc(=[NH+]CCc3ccccc3)c2c1.[O-][Cl+3]([O-])([O-])[O-]. The Morgan fingerprint density at radius 1 is 0.875 bits per heavy atom. The number of benzene rings is 3. The van der Waals surface area contributed by atoms with Gasteiger partial charge in [0, 0.05) is 17.0 Å². The lowest BCUT2D eigenvalue weighted by molar-refractivity contribution is -2.00. The molecule has 0 bridgehead atoms. The summed E-state index contributed by atoms with van der Waals surface area (Å²) < 4.78 is 40.1. The van der Waals surface area contributed by atoms with E-state index in [9.17, 15) is 0 Å². The third kappa shape index (κ3) is 7.46. The molecule has 3 aromatic carbocycles. The van der Waals surface area contributed by atoms with Crippen molar-refractivity contribution in [2.24, 2.45) is 0 Å². The van der Waals surface area contributed by atoms with Gasteiger partial charge in [-0.1, -0.05) is 53.6 Å². The first kappa shape index (κ1) is 23.9. The summed E-state index contributed by atoms with van der Waals surface area (Å²) >= 11 is 6.03. The standard InChI is InChI=1S/C24H20ClNO.ClHO4/c1-17-7-12-23-21(15-17)22(26-14-13-18-5-3-2-4-6-18)16-24(27-23)19-8-10-20(25)11-9-19;2-1(3,4)5/h2-12,15-16H,13-14H2,1H3;(H,2,3,4,5). The first-order valence-electron chi connectivity index (χ1n) is 9.72. The third-order valence-electron chi connectivity index (χ3n) is 4.62. The fourth-order valence-electron chi connectivity index (χ4n) is 3.19. The van der Waals surface area contributed by atoms with Gasteiger partial charge in [-0.05, 0) is 48.9 Å². The molecule has 1 aromatic heterocycles. The molecule has 0 aliphatic rings. The molecule has 0 amide bonds. The zero-order valence-electron chi connectivity index (χ0n) is 17.2. The largest absolute Gasteiger partial charge is 0.456 e. The van der Waals surface area contributed by atoms with Crippen LogP contribution in [0.3, 0.4) is 0 Å². The second-order valence-electron chi connectivity index (χ2n) is 7.07. The number of hydrogen-bond donors (Lipinski definition) is 1. The van der Waals surface area contributed by atoms with Crippen molar-refractivity contribution in [3.05, 3.63) is 100 Å². The molecule has 1 heterocycles. The summed E-state index contributed by atoms with van der Waals surface area (Å²) in [5, 5.41) is 2.90. The monoisotopic (exact) mass is 473 g/mol. The Bertz CT molecular complexity index is 1230. The van der Waals surface area contributed by atoms with Crippen molar-refractivity contribution in [3.63, 3.8) is 0 Å². The van der Waals surface area contributed by atoms with Crippen LogP contribution in [0.25, 0.3) is 22.3 Å². The topological polar surface area (TPSA) is 119 Å². The minimum Gasteiger partial charge on any atom is -0.456 e. The summed E-state index contributed by atoms with van der Waals surface area (Å²) in [6.07, 6.45) is 0.969. The van der Waals surface area contributed by atoms with Gasteiger partial charge in [0.15, 0.2) is 0 Å². The average Bonchev–Trinajstić information content (AvgIpc) is 2.74. The highest BCUT2D eigenvalue weighted by Crippen LogP contribution is 2.23. The van der Waals surface area contributed by atoms with Crippen molar-refractivity contribution in [1.82, 2.24) is 0 Å². The molecule has 0 fully saturated rings. The predicted octanol–water partition coefficient (Wildman–Crippen LogP) is -0.470. The summed E-state index contributed by atoms with van der Waals surface area (Å²) in [4.78, 5) is 3.60. The molecule has 0 aliphatic heterocycles.